The second-order valence-electron chi connectivity index (χ2n) is 4.76. The second-order valence-corrected chi connectivity index (χ2v) is 4.76. The zero-order chi connectivity index (χ0) is 10.9. The molecule has 3 heteroatoms. The van der Waals surface area contributed by atoms with Crippen LogP contribution in [0, 0.1) is 6.57 Å². The molecule has 3 nitrogen and oxygen atoms in total. The van der Waals surface area contributed by atoms with Crippen LogP contribution in [0.15, 0.2) is 6.20 Å². The highest BCUT2D eigenvalue weighted by Crippen LogP contribution is 2.30. The number of aromatic nitrogens is 2. The van der Waals surface area contributed by atoms with Crippen LogP contribution in [0.2, 0.25) is 0 Å². The summed E-state index contributed by atoms with van der Waals surface area (Å²) in [5.74, 6) is 0.334. The van der Waals surface area contributed by atoms with Gasteiger partial charge in [-0.15, -0.1) is 0 Å². The Hall–Kier alpha value is -1.30. The first kappa shape index (κ1) is 10.8. The lowest BCUT2D eigenvalue weighted by Crippen LogP contribution is -2.25. The van der Waals surface area contributed by atoms with Gasteiger partial charge in [0.15, 0.2) is 0 Å². The fraction of sp³-hybridized carbons (Fsp3) is 0.636. The standard InChI is InChI=1S/C11H17N3/c1-8(2)10-9(12-6)7-13-14(10)11(3,4)5/h7-8H,1-5H3. The van der Waals surface area contributed by atoms with E-state index in [9.17, 15) is 0 Å². The molecule has 0 saturated carbocycles. The first-order valence-corrected chi connectivity index (χ1v) is 4.83. The summed E-state index contributed by atoms with van der Waals surface area (Å²) in [6.45, 7) is 17.5. The Morgan fingerprint density at radius 1 is 1.43 bits per heavy atom. The Kier molecular flexibility index (Phi) is 2.66. The Morgan fingerprint density at radius 2 is 2.00 bits per heavy atom. The van der Waals surface area contributed by atoms with Gasteiger partial charge in [0.1, 0.15) is 0 Å². The number of nitrogens with zero attached hydrogens (tertiary/aromatic N) is 3. The van der Waals surface area contributed by atoms with E-state index < -0.39 is 0 Å². The summed E-state index contributed by atoms with van der Waals surface area (Å²) < 4.78 is 1.95. The van der Waals surface area contributed by atoms with Crippen molar-refractivity contribution >= 4 is 5.69 Å². The van der Waals surface area contributed by atoms with Crippen molar-refractivity contribution in [2.24, 2.45) is 0 Å². The maximum Gasteiger partial charge on any atom is 0.227 e. The van der Waals surface area contributed by atoms with E-state index >= 15 is 0 Å². The molecule has 0 atom stereocenters. The lowest BCUT2D eigenvalue weighted by Gasteiger charge is -2.24. The zero-order valence-corrected chi connectivity index (χ0v) is 9.50. The summed E-state index contributed by atoms with van der Waals surface area (Å²) >= 11 is 0. The predicted octanol–water partition coefficient (Wildman–Crippen LogP) is 3.31. The van der Waals surface area contributed by atoms with Crippen LogP contribution >= 0.6 is 0 Å². The van der Waals surface area contributed by atoms with Crippen LogP contribution in [-0.2, 0) is 5.54 Å². The van der Waals surface area contributed by atoms with Crippen LogP contribution in [0.5, 0.6) is 0 Å². The topological polar surface area (TPSA) is 22.2 Å². The summed E-state index contributed by atoms with van der Waals surface area (Å²) in [6.07, 6.45) is 1.66. The van der Waals surface area contributed by atoms with Gasteiger partial charge in [-0.05, 0) is 26.7 Å². The smallest absolute Gasteiger partial charge is 0.227 e. The fourth-order valence-corrected chi connectivity index (χ4v) is 1.51. The molecule has 1 aromatic rings. The lowest BCUT2D eigenvalue weighted by molar-refractivity contribution is 0.339. The van der Waals surface area contributed by atoms with Gasteiger partial charge < -0.3 is 0 Å². The van der Waals surface area contributed by atoms with E-state index in [0.29, 0.717) is 11.6 Å². The molecule has 0 aliphatic carbocycles. The number of hydrogen-bond donors (Lipinski definition) is 0. The summed E-state index contributed by atoms with van der Waals surface area (Å²) in [4.78, 5) is 3.49. The molecule has 0 fully saturated rings. The molecule has 0 N–H and O–H groups in total. The number of rotatable bonds is 1. The van der Waals surface area contributed by atoms with Crippen molar-refractivity contribution in [2.45, 2.75) is 46.1 Å². The number of hydrogen-bond acceptors (Lipinski definition) is 1. The van der Waals surface area contributed by atoms with Gasteiger partial charge in [0.25, 0.3) is 0 Å². The monoisotopic (exact) mass is 191 g/mol. The molecule has 14 heavy (non-hydrogen) atoms. The van der Waals surface area contributed by atoms with Crippen molar-refractivity contribution in [1.29, 1.82) is 0 Å². The van der Waals surface area contributed by atoms with Crippen molar-refractivity contribution in [1.82, 2.24) is 9.78 Å². The average Bonchev–Trinajstić information content (AvgIpc) is 2.45. The lowest BCUT2D eigenvalue weighted by atomic mass is 10.0. The van der Waals surface area contributed by atoms with Crippen molar-refractivity contribution in [2.75, 3.05) is 0 Å². The van der Waals surface area contributed by atoms with Crippen LogP contribution in [0.1, 0.15) is 46.2 Å². The molecule has 0 unspecified atom stereocenters. The second kappa shape index (κ2) is 3.45. The molecule has 0 saturated heterocycles. The Bertz CT molecular complexity index is 361. The van der Waals surface area contributed by atoms with Crippen molar-refractivity contribution in [3.8, 4) is 0 Å². The predicted molar refractivity (Wildman–Crippen MR) is 57.6 cm³/mol. The third-order valence-corrected chi connectivity index (χ3v) is 2.09. The van der Waals surface area contributed by atoms with Gasteiger partial charge >= 0.3 is 0 Å². The van der Waals surface area contributed by atoms with Crippen molar-refractivity contribution in [3.05, 3.63) is 23.3 Å². The van der Waals surface area contributed by atoms with Gasteiger partial charge in [0.2, 0.25) is 5.69 Å². The highest BCUT2D eigenvalue weighted by Gasteiger charge is 2.22. The van der Waals surface area contributed by atoms with E-state index in [-0.39, 0.29) is 5.54 Å². The summed E-state index contributed by atoms with van der Waals surface area (Å²) in [6, 6.07) is 0. The minimum absolute atomic E-state index is 0.0530. The normalized spacial score (nSPS) is 11.8. The summed E-state index contributed by atoms with van der Waals surface area (Å²) in [5, 5.41) is 4.28. The summed E-state index contributed by atoms with van der Waals surface area (Å²) in [5.41, 5.74) is 1.66. The van der Waals surface area contributed by atoms with Gasteiger partial charge in [-0.2, -0.15) is 5.10 Å². The Morgan fingerprint density at radius 3 is 2.36 bits per heavy atom. The van der Waals surface area contributed by atoms with Crippen molar-refractivity contribution in [3.63, 3.8) is 0 Å². The van der Waals surface area contributed by atoms with E-state index in [1.165, 1.54) is 0 Å². The van der Waals surface area contributed by atoms with E-state index in [1.807, 2.05) is 4.68 Å². The molecule has 0 spiro atoms. The maximum atomic E-state index is 7.07. The van der Waals surface area contributed by atoms with Crippen LogP contribution in [0.3, 0.4) is 0 Å². The van der Waals surface area contributed by atoms with E-state index in [2.05, 4.69) is 44.6 Å². The third-order valence-electron chi connectivity index (χ3n) is 2.09. The Labute approximate surface area is 85.6 Å². The van der Waals surface area contributed by atoms with E-state index in [4.69, 9.17) is 6.57 Å². The molecular weight excluding hydrogens is 174 g/mol. The van der Waals surface area contributed by atoms with E-state index in [0.717, 1.165) is 5.69 Å². The minimum Gasteiger partial charge on any atom is -0.276 e. The molecule has 76 valence electrons. The van der Waals surface area contributed by atoms with E-state index in [1.54, 1.807) is 6.20 Å². The van der Waals surface area contributed by atoms with Crippen molar-refractivity contribution < 1.29 is 0 Å². The average molecular weight is 191 g/mol. The quantitative estimate of drug-likeness (QED) is 0.624. The van der Waals surface area contributed by atoms with Gasteiger partial charge in [-0.25, -0.2) is 4.85 Å². The van der Waals surface area contributed by atoms with Gasteiger partial charge in [0, 0.05) is 5.69 Å². The largest absolute Gasteiger partial charge is 0.276 e. The van der Waals surface area contributed by atoms with Gasteiger partial charge in [-0.3, -0.25) is 4.68 Å². The molecule has 1 heterocycles. The van der Waals surface area contributed by atoms with Crippen LogP contribution < -0.4 is 0 Å². The molecule has 0 radical (unpaired) electrons. The SMILES string of the molecule is [C-]#[N+]c1cnn(C(C)(C)C)c1C(C)C. The molecule has 0 aliphatic rings. The first-order valence-electron chi connectivity index (χ1n) is 4.83. The first-order chi connectivity index (χ1) is 6.38. The molecule has 0 amide bonds. The molecule has 0 aliphatic heterocycles. The fourth-order valence-electron chi connectivity index (χ4n) is 1.51. The molecule has 0 bridgehead atoms. The minimum atomic E-state index is -0.0530. The third kappa shape index (κ3) is 1.79. The van der Waals surface area contributed by atoms with Crippen LogP contribution in [-0.4, -0.2) is 9.78 Å². The van der Waals surface area contributed by atoms with Gasteiger partial charge in [-0.1, -0.05) is 13.8 Å². The molecule has 1 aromatic heterocycles. The Balaban J connectivity index is 3.34. The van der Waals surface area contributed by atoms with Crippen LogP contribution in [0.25, 0.3) is 4.85 Å². The highest BCUT2D eigenvalue weighted by molar-refractivity contribution is 5.49. The van der Waals surface area contributed by atoms with Crippen LogP contribution in [0.4, 0.5) is 5.69 Å². The highest BCUT2D eigenvalue weighted by atomic mass is 15.3. The summed E-state index contributed by atoms with van der Waals surface area (Å²) in [7, 11) is 0. The van der Waals surface area contributed by atoms with Gasteiger partial charge in [0.05, 0.1) is 18.3 Å². The zero-order valence-electron chi connectivity index (χ0n) is 9.50. The molecule has 0 aromatic carbocycles. The molecule has 1 rings (SSSR count). The maximum absolute atomic E-state index is 7.07. The molecular formula is C11H17N3.